The van der Waals surface area contributed by atoms with Gasteiger partial charge in [-0.3, -0.25) is 0 Å². The quantitative estimate of drug-likeness (QED) is 0.160. The van der Waals surface area contributed by atoms with Crippen molar-refractivity contribution in [3.63, 3.8) is 0 Å². The van der Waals surface area contributed by atoms with Crippen molar-refractivity contribution < 1.29 is 49.0 Å². The predicted octanol–water partition coefficient (Wildman–Crippen LogP) is 7.37. The first-order valence-corrected chi connectivity index (χ1v) is 20.2. The van der Waals surface area contributed by atoms with Crippen LogP contribution < -0.4 is 24.8 Å². The van der Waals surface area contributed by atoms with Crippen LogP contribution in [0.4, 0.5) is 0 Å². The van der Waals surface area contributed by atoms with E-state index in [1.54, 1.807) is 0 Å². The number of fused-ring (bicyclic) bond motifs is 5. The van der Waals surface area contributed by atoms with Crippen LogP contribution in [-0.4, -0.2) is 3.21 Å². The molecule has 3 aliphatic rings. The van der Waals surface area contributed by atoms with E-state index in [1.807, 2.05) is 0 Å². The Morgan fingerprint density at radius 1 is 0.648 bits per heavy atom. The molecule has 0 nitrogen and oxygen atoms in total. The third-order valence-corrected chi connectivity index (χ3v) is 12.7. The third-order valence-electron chi connectivity index (χ3n) is 11.3. The molecule has 0 atom stereocenters. The standard InChI is InChI=1S/C27H29.C15H14.C9H13.2ClH.Zr/c1-16-7-9-26(3,4)24-12-18-11-19-13-25-21(17(2)8-10-27(25,5)6)15-23(19)22(18)14-20(16)24;1-12-3-7-14(8-4-12)11-15-9-5-13(2)6-10-15;1-9(2,3)8-6-4-5-7-8;;;/h7-9,12-15H,10-11H2,1-6H3;3-10H,1-2H3;4-7H,1-3H3;2*1H;/q-1;;-1;;;+2/p-2. The van der Waals surface area contributed by atoms with E-state index in [0.29, 0.717) is 5.41 Å². The number of allylic oxidation sites excluding steroid dienone is 4. The van der Waals surface area contributed by atoms with Crippen molar-refractivity contribution in [2.45, 2.75) is 105 Å². The zero-order valence-electron chi connectivity index (χ0n) is 34.1. The van der Waals surface area contributed by atoms with E-state index in [1.165, 1.54) is 111 Å². The first-order valence-electron chi connectivity index (χ1n) is 18.9. The van der Waals surface area contributed by atoms with Crippen LogP contribution in [0.25, 0.3) is 22.3 Å². The van der Waals surface area contributed by atoms with Crippen LogP contribution in [0.15, 0.2) is 109 Å². The van der Waals surface area contributed by atoms with Gasteiger partial charge < -0.3 is 24.8 Å². The molecule has 0 fully saturated rings. The van der Waals surface area contributed by atoms with Gasteiger partial charge in [0, 0.05) is 0 Å². The molecule has 0 aliphatic heterocycles. The molecule has 0 N–H and O–H groups in total. The van der Waals surface area contributed by atoms with Gasteiger partial charge in [-0.05, 0) is 70.2 Å². The van der Waals surface area contributed by atoms with E-state index in [4.69, 9.17) is 0 Å². The number of hydrogen-bond donors (Lipinski definition) is 0. The largest absolute Gasteiger partial charge is 1.00 e. The summed E-state index contributed by atoms with van der Waals surface area (Å²) in [6.07, 6.45) is 9.28. The molecule has 0 bridgehead atoms. The number of hydrogen-bond acceptors (Lipinski definition) is 0. The van der Waals surface area contributed by atoms with Gasteiger partial charge in [0.25, 0.3) is 0 Å². The maximum atomic E-state index is 2.51. The molecule has 0 spiro atoms. The summed E-state index contributed by atoms with van der Waals surface area (Å²) in [6.45, 7) is 24.9. The molecule has 0 saturated heterocycles. The normalized spacial score (nSPS) is 15.3. The fraction of sp³-hybridized carbons (Fsp3) is 0.314. The number of halogens is 2. The molecular weight excluding hydrogens is 775 g/mol. The van der Waals surface area contributed by atoms with Gasteiger partial charge in [0.05, 0.1) is 0 Å². The summed E-state index contributed by atoms with van der Waals surface area (Å²) in [7, 11) is 0. The number of rotatable bonds is 2. The Balaban J connectivity index is 0.000000205. The van der Waals surface area contributed by atoms with Gasteiger partial charge in [0.15, 0.2) is 0 Å². The van der Waals surface area contributed by atoms with Crippen molar-refractivity contribution in [2.24, 2.45) is 0 Å². The average molecular weight is 831 g/mol. The van der Waals surface area contributed by atoms with Crippen LogP contribution in [0.2, 0.25) is 0 Å². The zero-order chi connectivity index (χ0) is 37.6. The minimum Gasteiger partial charge on any atom is -1.00 e. The molecule has 3 aliphatic carbocycles. The minimum atomic E-state index is 0. The molecule has 54 heavy (non-hydrogen) atoms. The second-order valence-corrected chi connectivity index (χ2v) is 18.8. The van der Waals surface area contributed by atoms with E-state index in [9.17, 15) is 0 Å². The van der Waals surface area contributed by atoms with Crippen molar-refractivity contribution in [1.82, 2.24) is 0 Å². The predicted molar refractivity (Wildman–Crippen MR) is 223 cm³/mol. The third kappa shape index (κ3) is 9.29. The zero-order valence-corrected chi connectivity index (χ0v) is 38.1. The van der Waals surface area contributed by atoms with Gasteiger partial charge >= 0.3 is 112 Å². The monoisotopic (exact) mass is 828 g/mol. The first kappa shape index (κ1) is 43.6. The Morgan fingerprint density at radius 3 is 1.61 bits per heavy atom. The van der Waals surface area contributed by atoms with Crippen molar-refractivity contribution in [1.29, 1.82) is 0 Å². The van der Waals surface area contributed by atoms with Crippen molar-refractivity contribution in [3.05, 3.63) is 177 Å². The molecule has 0 aromatic heterocycles. The van der Waals surface area contributed by atoms with Crippen LogP contribution in [0, 0.1) is 20.3 Å². The summed E-state index contributed by atoms with van der Waals surface area (Å²) >= 11 is 1.46. The van der Waals surface area contributed by atoms with Crippen LogP contribution in [0.1, 0.15) is 130 Å². The van der Waals surface area contributed by atoms with Crippen LogP contribution in [0.5, 0.6) is 0 Å². The van der Waals surface area contributed by atoms with E-state index in [-0.39, 0.29) is 35.6 Å². The summed E-state index contributed by atoms with van der Waals surface area (Å²) in [4.78, 5) is 0. The van der Waals surface area contributed by atoms with Crippen LogP contribution >= 0.6 is 0 Å². The molecule has 0 unspecified atom stereocenters. The molecule has 280 valence electrons. The fourth-order valence-corrected chi connectivity index (χ4v) is 8.48. The summed E-state index contributed by atoms with van der Waals surface area (Å²) in [5.74, 6) is 0. The maximum Gasteiger partial charge on any atom is -1.00 e. The van der Waals surface area contributed by atoms with Gasteiger partial charge in [-0.15, -0.1) is 12.5 Å². The molecule has 0 heterocycles. The molecule has 8 rings (SSSR count). The summed E-state index contributed by atoms with van der Waals surface area (Å²) in [5, 5.41) is 0. The van der Waals surface area contributed by atoms with Gasteiger partial charge in [-0.1, -0.05) is 89.1 Å². The Bertz CT molecular complexity index is 2030. The average Bonchev–Trinajstić information content (AvgIpc) is 3.77. The summed E-state index contributed by atoms with van der Waals surface area (Å²) < 4.78 is 1.42. The summed E-state index contributed by atoms with van der Waals surface area (Å²) in [6, 6.07) is 36.0. The van der Waals surface area contributed by atoms with Gasteiger partial charge in [-0.2, -0.15) is 29.3 Å². The smallest absolute Gasteiger partial charge is 1.00 e. The molecule has 3 heteroatoms. The van der Waals surface area contributed by atoms with E-state index >= 15 is 0 Å². The molecule has 0 radical (unpaired) electrons. The molecule has 5 aromatic rings. The van der Waals surface area contributed by atoms with Gasteiger partial charge in [0.1, 0.15) is 0 Å². The molecule has 0 amide bonds. The Labute approximate surface area is 354 Å². The molecule has 0 saturated carbocycles. The molecule has 5 aromatic carbocycles. The number of aryl methyl sites for hydroxylation is 2. The van der Waals surface area contributed by atoms with E-state index in [2.05, 4.69) is 192 Å². The SMILES string of the molecule is CC(C)(C)c1cc[cH-]c1.CC1=C[CH-]C(C)(C)c2cc3c(cc21)-c1cc2c(cc1C3)C(C)(C)CC=C2C.Cc1ccc([C](=[Zr+2])c2ccc(C)cc2)cc1.[Cl-].[Cl-]. The van der Waals surface area contributed by atoms with Crippen LogP contribution in [0.3, 0.4) is 0 Å². The van der Waals surface area contributed by atoms with Gasteiger partial charge in [0.2, 0.25) is 0 Å². The van der Waals surface area contributed by atoms with Crippen molar-refractivity contribution in [3.8, 4) is 11.1 Å². The van der Waals surface area contributed by atoms with E-state index < -0.39 is 0 Å². The molecular formula is C51H56Cl2Zr-2. The Hall–Kier alpha value is -3.09. The van der Waals surface area contributed by atoms with E-state index in [0.717, 1.165) is 12.8 Å². The second-order valence-electron chi connectivity index (χ2n) is 17.5. The Kier molecular flexibility index (Phi) is 13.7. The topological polar surface area (TPSA) is 0 Å². The van der Waals surface area contributed by atoms with Crippen LogP contribution in [-0.2, 0) is 46.9 Å². The maximum absolute atomic E-state index is 2.51. The van der Waals surface area contributed by atoms with Crippen molar-refractivity contribution >= 4 is 14.4 Å². The minimum absolute atomic E-state index is 0. The first-order chi connectivity index (χ1) is 24.4. The fourth-order valence-electron chi connectivity index (χ4n) is 7.66. The van der Waals surface area contributed by atoms with Crippen molar-refractivity contribution in [2.75, 3.05) is 0 Å². The second kappa shape index (κ2) is 17.0. The van der Waals surface area contributed by atoms with Gasteiger partial charge in [-0.25, -0.2) is 18.6 Å². The number of benzene rings is 4. The summed E-state index contributed by atoms with van der Waals surface area (Å²) in [5.41, 5.74) is 22.0. The Morgan fingerprint density at radius 2 is 1.15 bits per heavy atom.